The Morgan fingerprint density at radius 2 is 2.29 bits per heavy atom. The Balaban J connectivity index is 2.04. The van der Waals surface area contributed by atoms with Crippen LogP contribution in [-0.4, -0.2) is 20.2 Å². The fourth-order valence-corrected chi connectivity index (χ4v) is 1.88. The first kappa shape index (κ1) is 12.0. The molecule has 5 nitrogen and oxygen atoms in total. The van der Waals surface area contributed by atoms with Crippen LogP contribution in [0.1, 0.15) is 24.7 Å². The molecule has 0 spiro atoms. The Labute approximate surface area is 108 Å². The molecule has 2 N–H and O–H groups in total. The van der Waals surface area contributed by atoms with Crippen LogP contribution in [0, 0.1) is 0 Å². The molecule has 2 aromatic rings. The number of halogens is 1. The normalized spacial score (nSPS) is 10.5. The van der Waals surface area contributed by atoms with E-state index in [-0.39, 0.29) is 0 Å². The molecule has 17 heavy (non-hydrogen) atoms. The molecule has 0 fully saturated rings. The smallest absolute Gasteiger partial charge is 0.132 e. The third-order valence-corrected chi connectivity index (χ3v) is 2.65. The van der Waals surface area contributed by atoms with Crippen molar-refractivity contribution in [1.82, 2.24) is 20.2 Å². The van der Waals surface area contributed by atoms with Crippen LogP contribution >= 0.6 is 15.9 Å². The molecule has 0 unspecified atom stereocenters. The number of nitrogens with zero attached hydrogens (tertiary/aromatic N) is 3. The van der Waals surface area contributed by atoms with Crippen molar-refractivity contribution in [1.29, 1.82) is 0 Å². The molecule has 0 amide bonds. The largest absolute Gasteiger partial charge is 0.366 e. The summed E-state index contributed by atoms with van der Waals surface area (Å²) in [6, 6.07) is 1.87. The van der Waals surface area contributed by atoms with Gasteiger partial charge in [0.1, 0.15) is 16.2 Å². The molecule has 6 heteroatoms. The summed E-state index contributed by atoms with van der Waals surface area (Å²) in [5.74, 6) is 1.69. The monoisotopic (exact) mass is 295 g/mol. The lowest BCUT2D eigenvalue weighted by Gasteiger charge is -2.06. The molecule has 0 radical (unpaired) electrons. The van der Waals surface area contributed by atoms with Gasteiger partial charge in [-0.2, -0.15) is 5.10 Å². The van der Waals surface area contributed by atoms with Gasteiger partial charge in [0.25, 0.3) is 0 Å². The number of aryl methyl sites for hydroxylation is 1. The molecule has 0 saturated heterocycles. The zero-order valence-corrected chi connectivity index (χ0v) is 11.2. The molecule has 0 saturated carbocycles. The molecule has 2 aromatic heterocycles. The van der Waals surface area contributed by atoms with E-state index >= 15 is 0 Å². The second-order valence-electron chi connectivity index (χ2n) is 3.70. The molecule has 0 aliphatic heterocycles. The highest BCUT2D eigenvalue weighted by Crippen LogP contribution is 2.14. The zero-order chi connectivity index (χ0) is 12.1. The average molecular weight is 296 g/mol. The van der Waals surface area contributed by atoms with E-state index in [0.717, 1.165) is 34.7 Å². The Bertz CT molecular complexity index is 469. The summed E-state index contributed by atoms with van der Waals surface area (Å²) in [6.07, 6.45) is 5.57. The van der Waals surface area contributed by atoms with Gasteiger partial charge in [-0.1, -0.05) is 6.92 Å². The number of nitrogens with one attached hydrogen (secondary N) is 2. The zero-order valence-electron chi connectivity index (χ0n) is 9.57. The second kappa shape index (κ2) is 5.77. The topological polar surface area (TPSA) is 66.5 Å². The van der Waals surface area contributed by atoms with E-state index in [4.69, 9.17) is 0 Å². The van der Waals surface area contributed by atoms with E-state index in [9.17, 15) is 0 Å². The molecule has 0 bridgehead atoms. The summed E-state index contributed by atoms with van der Waals surface area (Å²) in [5.41, 5.74) is 1.09. The van der Waals surface area contributed by atoms with E-state index in [2.05, 4.69) is 48.3 Å². The van der Waals surface area contributed by atoms with Crippen LogP contribution < -0.4 is 5.32 Å². The fourth-order valence-electron chi connectivity index (χ4n) is 1.46. The number of hydrogen-bond donors (Lipinski definition) is 2. The lowest BCUT2D eigenvalue weighted by Crippen LogP contribution is -2.04. The van der Waals surface area contributed by atoms with Crippen molar-refractivity contribution in [2.45, 2.75) is 26.3 Å². The van der Waals surface area contributed by atoms with Crippen molar-refractivity contribution in [2.75, 3.05) is 5.32 Å². The summed E-state index contributed by atoms with van der Waals surface area (Å²) < 4.78 is 0.811. The average Bonchev–Trinajstić information content (AvgIpc) is 2.79. The van der Waals surface area contributed by atoms with Crippen LogP contribution in [0.3, 0.4) is 0 Å². The van der Waals surface area contributed by atoms with Crippen molar-refractivity contribution in [3.8, 4) is 0 Å². The number of H-pyrrole nitrogens is 1. The predicted molar refractivity (Wildman–Crippen MR) is 69.6 cm³/mol. The van der Waals surface area contributed by atoms with E-state index < -0.39 is 0 Å². The summed E-state index contributed by atoms with van der Waals surface area (Å²) in [7, 11) is 0. The Morgan fingerprint density at radius 3 is 3.00 bits per heavy atom. The van der Waals surface area contributed by atoms with Gasteiger partial charge in [0.2, 0.25) is 0 Å². The van der Waals surface area contributed by atoms with E-state index in [1.165, 1.54) is 0 Å². The minimum atomic E-state index is 0.700. The van der Waals surface area contributed by atoms with Crippen molar-refractivity contribution in [3.05, 3.63) is 34.5 Å². The number of anilines is 1. The van der Waals surface area contributed by atoms with Crippen LogP contribution in [0.5, 0.6) is 0 Å². The number of rotatable bonds is 5. The van der Waals surface area contributed by atoms with Crippen LogP contribution in [-0.2, 0) is 13.0 Å². The molecule has 0 aliphatic rings. The van der Waals surface area contributed by atoms with Gasteiger partial charge in [-0.15, -0.1) is 0 Å². The number of aromatic nitrogens is 4. The third-order valence-electron chi connectivity index (χ3n) is 2.24. The molecule has 2 heterocycles. The SMILES string of the molecule is CCCc1nc(Br)cc(NCc2cn[nH]c2)n1. The van der Waals surface area contributed by atoms with Gasteiger partial charge < -0.3 is 5.32 Å². The van der Waals surface area contributed by atoms with Gasteiger partial charge >= 0.3 is 0 Å². The number of hydrogen-bond acceptors (Lipinski definition) is 4. The Morgan fingerprint density at radius 1 is 1.41 bits per heavy atom. The molecular formula is C11H14BrN5. The summed E-state index contributed by atoms with van der Waals surface area (Å²) in [5, 5.41) is 9.91. The van der Waals surface area contributed by atoms with E-state index in [1.54, 1.807) is 6.20 Å². The Kier molecular flexibility index (Phi) is 4.08. The van der Waals surface area contributed by atoms with Crippen LogP contribution in [0.15, 0.2) is 23.1 Å². The maximum absolute atomic E-state index is 4.44. The summed E-state index contributed by atoms with van der Waals surface area (Å²) >= 11 is 3.39. The fraction of sp³-hybridized carbons (Fsp3) is 0.364. The van der Waals surface area contributed by atoms with E-state index in [0.29, 0.717) is 6.54 Å². The molecule has 0 aromatic carbocycles. The highest BCUT2D eigenvalue weighted by atomic mass is 79.9. The van der Waals surface area contributed by atoms with E-state index in [1.807, 2.05) is 12.3 Å². The van der Waals surface area contributed by atoms with Crippen LogP contribution in [0.25, 0.3) is 0 Å². The minimum absolute atomic E-state index is 0.700. The van der Waals surface area contributed by atoms with Crippen LogP contribution in [0.4, 0.5) is 5.82 Å². The molecule has 0 atom stereocenters. The molecule has 2 rings (SSSR count). The molecular weight excluding hydrogens is 282 g/mol. The van der Waals surface area contributed by atoms with Crippen molar-refractivity contribution in [2.24, 2.45) is 0 Å². The molecule has 90 valence electrons. The van der Waals surface area contributed by atoms with Gasteiger partial charge in [-0.25, -0.2) is 9.97 Å². The minimum Gasteiger partial charge on any atom is -0.366 e. The lowest BCUT2D eigenvalue weighted by atomic mass is 10.3. The van der Waals surface area contributed by atoms with Gasteiger partial charge in [-0.05, 0) is 22.4 Å². The highest BCUT2D eigenvalue weighted by molar-refractivity contribution is 9.10. The maximum atomic E-state index is 4.44. The summed E-state index contributed by atoms with van der Waals surface area (Å²) in [4.78, 5) is 8.76. The maximum Gasteiger partial charge on any atom is 0.132 e. The standard InChI is InChI=1S/C11H14BrN5/c1-2-3-10-16-9(12)4-11(17-10)13-5-8-6-14-15-7-8/h4,6-7H,2-3,5H2,1H3,(H,14,15)(H,13,16,17). The lowest BCUT2D eigenvalue weighted by molar-refractivity contribution is 0.828. The Hall–Kier alpha value is -1.43. The van der Waals surface area contributed by atoms with Crippen molar-refractivity contribution < 1.29 is 0 Å². The van der Waals surface area contributed by atoms with Gasteiger partial charge in [-0.3, -0.25) is 5.10 Å². The number of aromatic amines is 1. The predicted octanol–water partition coefficient (Wildman–Crippen LogP) is 2.53. The van der Waals surface area contributed by atoms with Gasteiger partial charge in [0.05, 0.1) is 6.20 Å². The third kappa shape index (κ3) is 3.52. The van der Waals surface area contributed by atoms with Crippen LogP contribution in [0.2, 0.25) is 0 Å². The summed E-state index contributed by atoms with van der Waals surface area (Å²) in [6.45, 7) is 2.81. The van der Waals surface area contributed by atoms with Gasteiger partial charge in [0.15, 0.2) is 0 Å². The first-order chi connectivity index (χ1) is 8.28. The quantitative estimate of drug-likeness (QED) is 0.832. The molecule has 0 aliphatic carbocycles. The first-order valence-electron chi connectivity index (χ1n) is 5.53. The first-order valence-corrected chi connectivity index (χ1v) is 6.32. The van der Waals surface area contributed by atoms with Gasteiger partial charge in [0, 0.05) is 30.8 Å². The van der Waals surface area contributed by atoms with Crippen molar-refractivity contribution in [3.63, 3.8) is 0 Å². The second-order valence-corrected chi connectivity index (χ2v) is 4.51. The van der Waals surface area contributed by atoms with Crippen molar-refractivity contribution >= 4 is 21.7 Å². The highest BCUT2D eigenvalue weighted by Gasteiger charge is 2.02.